The Morgan fingerprint density at radius 3 is 2.60 bits per heavy atom. The normalized spacial score (nSPS) is 12.0. The summed E-state index contributed by atoms with van der Waals surface area (Å²) >= 11 is 12.2. The molecule has 0 aliphatic rings. The molecule has 1 unspecified atom stereocenters. The Morgan fingerprint density at radius 2 is 1.83 bits per heavy atom. The summed E-state index contributed by atoms with van der Waals surface area (Å²) in [6, 6.07) is 8.70. The van der Waals surface area contributed by atoms with Gasteiger partial charge in [0.1, 0.15) is 17.2 Å². The number of halogens is 2. The van der Waals surface area contributed by atoms with Gasteiger partial charge in [0.15, 0.2) is 11.0 Å². The molecule has 4 rings (SSSR count). The van der Waals surface area contributed by atoms with E-state index in [0.29, 0.717) is 17.3 Å². The first kappa shape index (κ1) is 20.1. The van der Waals surface area contributed by atoms with Gasteiger partial charge in [-0.05, 0) is 31.2 Å². The molecule has 3 aromatic heterocycles. The zero-order chi connectivity index (χ0) is 21.3. The van der Waals surface area contributed by atoms with E-state index in [1.807, 2.05) is 25.1 Å². The molecule has 8 nitrogen and oxygen atoms in total. The van der Waals surface area contributed by atoms with E-state index in [1.54, 1.807) is 36.1 Å². The van der Waals surface area contributed by atoms with Crippen LogP contribution in [0.15, 0.2) is 53.8 Å². The third-order valence-corrected chi connectivity index (χ3v) is 5.34. The number of nitrogens with zero attached hydrogens (tertiary/aromatic N) is 5. The van der Waals surface area contributed by atoms with Crippen molar-refractivity contribution in [2.45, 2.75) is 13.0 Å². The number of anilines is 3. The third-order valence-electron chi connectivity index (χ3n) is 4.60. The van der Waals surface area contributed by atoms with Crippen LogP contribution in [0.3, 0.4) is 0 Å². The topological polar surface area (TPSA) is 97.6 Å². The van der Waals surface area contributed by atoms with Crippen LogP contribution in [-0.4, -0.2) is 24.5 Å². The standard InChI is InChI=1S/C20H17Cl2N7O/c1-11(19-23-6-3-7-24-19)27-14-9-16(30)29(2)15-5-4-12(8-13(14)15)28-20-17(21)18(22)25-10-26-20/h3-11,27H,1-2H3,(H,25,26,28). The van der Waals surface area contributed by atoms with Gasteiger partial charge < -0.3 is 15.2 Å². The summed E-state index contributed by atoms with van der Waals surface area (Å²) in [6.07, 6.45) is 4.69. The van der Waals surface area contributed by atoms with Crippen molar-refractivity contribution in [3.05, 3.63) is 75.4 Å². The van der Waals surface area contributed by atoms with Gasteiger partial charge in [0, 0.05) is 42.3 Å². The van der Waals surface area contributed by atoms with Crippen molar-refractivity contribution in [1.82, 2.24) is 24.5 Å². The number of hydrogen-bond acceptors (Lipinski definition) is 7. The first-order chi connectivity index (χ1) is 14.4. The largest absolute Gasteiger partial charge is 0.375 e. The van der Waals surface area contributed by atoms with Crippen LogP contribution in [-0.2, 0) is 7.05 Å². The van der Waals surface area contributed by atoms with Crippen molar-refractivity contribution in [1.29, 1.82) is 0 Å². The van der Waals surface area contributed by atoms with E-state index in [9.17, 15) is 4.79 Å². The minimum atomic E-state index is -0.201. The van der Waals surface area contributed by atoms with Crippen LogP contribution in [0.5, 0.6) is 0 Å². The minimum Gasteiger partial charge on any atom is -0.375 e. The fourth-order valence-electron chi connectivity index (χ4n) is 3.06. The van der Waals surface area contributed by atoms with Crippen molar-refractivity contribution in [3.63, 3.8) is 0 Å². The van der Waals surface area contributed by atoms with Gasteiger partial charge in [0.05, 0.1) is 11.6 Å². The van der Waals surface area contributed by atoms with Crippen LogP contribution < -0.4 is 16.2 Å². The molecule has 30 heavy (non-hydrogen) atoms. The molecule has 0 bridgehead atoms. The Bertz CT molecular complexity index is 1280. The highest BCUT2D eigenvalue weighted by atomic mass is 35.5. The van der Waals surface area contributed by atoms with Crippen LogP contribution in [0, 0.1) is 0 Å². The molecule has 1 atom stereocenters. The summed E-state index contributed by atoms with van der Waals surface area (Å²) in [5.41, 5.74) is 2.04. The number of pyridine rings is 1. The van der Waals surface area contributed by atoms with Gasteiger partial charge in [-0.1, -0.05) is 23.2 Å². The lowest BCUT2D eigenvalue weighted by Crippen LogP contribution is -2.19. The summed E-state index contributed by atoms with van der Waals surface area (Å²) in [6.45, 7) is 1.93. The zero-order valence-corrected chi connectivity index (χ0v) is 17.6. The molecule has 0 spiro atoms. The van der Waals surface area contributed by atoms with E-state index in [2.05, 4.69) is 30.6 Å². The first-order valence-electron chi connectivity index (χ1n) is 9.04. The van der Waals surface area contributed by atoms with E-state index in [1.165, 1.54) is 6.33 Å². The number of hydrogen-bond donors (Lipinski definition) is 2. The molecular formula is C20H17Cl2N7O. The highest BCUT2D eigenvalue weighted by molar-refractivity contribution is 6.42. The predicted octanol–water partition coefficient (Wildman–Crippen LogP) is 4.34. The molecule has 0 amide bonds. The molecule has 3 heterocycles. The maximum Gasteiger partial charge on any atom is 0.252 e. The average Bonchev–Trinajstić information content (AvgIpc) is 2.75. The van der Waals surface area contributed by atoms with Gasteiger partial charge >= 0.3 is 0 Å². The van der Waals surface area contributed by atoms with E-state index >= 15 is 0 Å². The van der Waals surface area contributed by atoms with Gasteiger partial charge in [-0.25, -0.2) is 19.9 Å². The van der Waals surface area contributed by atoms with E-state index in [-0.39, 0.29) is 21.8 Å². The molecule has 4 aromatic rings. The molecule has 10 heteroatoms. The van der Waals surface area contributed by atoms with E-state index < -0.39 is 0 Å². The Morgan fingerprint density at radius 1 is 1.07 bits per heavy atom. The minimum absolute atomic E-state index is 0.127. The second-order valence-electron chi connectivity index (χ2n) is 6.61. The van der Waals surface area contributed by atoms with Crippen LogP contribution in [0.1, 0.15) is 18.8 Å². The predicted molar refractivity (Wildman–Crippen MR) is 119 cm³/mol. The van der Waals surface area contributed by atoms with Crippen molar-refractivity contribution in [2.75, 3.05) is 10.6 Å². The highest BCUT2D eigenvalue weighted by Gasteiger charge is 2.14. The Kier molecular flexibility index (Phi) is 5.52. The van der Waals surface area contributed by atoms with Gasteiger partial charge in [-0.15, -0.1) is 0 Å². The molecular weight excluding hydrogens is 425 g/mol. The van der Waals surface area contributed by atoms with Crippen LogP contribution >= 0.6 is 23.2 Å². The maximum atomic E-state index is 12.5. The molecule has 0 saturated carbocycles. The average molecular weight is 442 g/mol. The summed E-state index contributed by atoms with van der Waals surface area (Å²) in [7, 11) is 1.73. The quantitative estimate of drug-likeness (QED) is 0.444. The smallest absolute Gasteiger partial charge is 0.252 e. The molecule has 0 radical (unpaired) electrons. The molecule has 0 aliphatic carbocycles. The van der Waals surface area contributed by atoms with Gasteiger partial charge in [0.2, 0.25) is 0 Å². The second kappa shape index (κ2) is 8.25. The summed E-state index contributed by atoms with van der Waals surface area (Å²) in [5, 5.41) is 7.71. The number of nitrogens with one attached hydrogen (secondary N) is 2. The van der Waals surface area contributed by atoms with E-state index in [0.717, 1.165) is 16.6 Å². The fraction of sp³-hybridized carbons (Fsp3) is 0.150. The monoisotopic (exact) mass is 441 g/mol. The maximum absolute atomic E-state index is 12.5. The Labute approximate surface area is 181 Å². The Balaban J connectivity index is 1.76. The lowest BCUT2D eigenvalue weighted by atomic mass is 10.1. The van der Waals surface area contributed by atoms with Crippen LogP contribution in [0.25, 0.3) is 10.9 Å². The van der Waals surface area contributed by atoms with Crippen LogP contribution in [0.2, 0.25) is 10.2 Å². The summed E-state index contributed by atoms with van der Waals surface area (Å²) < 4.78 is 1.59. The number of aryl methyl sites for hydroxylation is 1. The fourth-order valence-corrected chi connectivity index (χ4v) is 3.34. The first-order valence-corrected chi connectivity index (χ1v) is 9.80. The van der Waals surface area contributed by atoms with Crippen molar-refractivity contribution < 1.29 is 0 Å². The van der Waals surface area contributed by atoms with E-state index in [4.69, 9.17) is 23.2 Å². The lowest BCUT2D eigenvalue weighted by Gasteiger charge is -2.18. The number of benzene rings is 1. The van der Waals surface area contributed by atoms with Gasteiger partial charge in [-0.3, -0.25) is 4.79 Å². The molecule has 0 saturated heterocycles. The summed E-state index contributed by atoms with van der Waals surface area (Å²) in [4.78, 5) is 29.0. The highest BCUT2D eigenvalue weighted by Crippen LogP contribution is 2.31. The van der Waals surface area contributed by atoms with Crippen LogP contribution in [0.4, 0.5) is 17.2 Å². The number of rotatable bonds is 5. The SMILES string of the molecule is CC(Nc1cc(=O)n(C)c2ccc(Nc3ncnc(Cl)c3Cl)cc12)c1ncccn1. The zero-order valence-electron chi connectivity index (χ0n) is 16.1. The second-order valence-corrected chi connectivity index (χ2v) is 7.35. The summed E-state index contributed by atoms with van der Waals surface area (Å²) in [5.74, 6) is 1.02. The third kappa shape index (κ3) is 3.92. The van der Waals surface area contributed by atoms with Gasteiger partial charge in [0.25, 0.3) is 5.56 Å². The number of aromatic nitrogens is 5. The van der Waals surface area contributed by atoms with Crippen molar-refractivity contribution in [3.8, 4) is 0 Å². The van der Waals surface area contributed by atoms with Crippen molar-refractivity contribution in [2.24, 2.45) is 7.05 Å². The lowest BCUT2D eigenvalue weighted by molar-refractivity contribution is 0.788. The molecule has 1 aromatic carbocycles. The van der Waals surface area contributed by atoms with Crippen molar-refractivity contribution >= 4 is 51.3 Å². The molecule has 2 N–H and O–H groups in total. The molecule has 152 valence electrons. The van der Waals surface area contributed by atoms with Gasteiger partial charge in [-0.2, -0.15) is 0 Å². The molecule has 0 fully saturated rings. The molecule has 0 aliphatic heterocycles. The Hall–Kier alpha value is -3.23. The number of fused-ring (bicyclic) bond motifs is 1.